The number of carbonyl (C=O) groups is 1. The third kappa shape index (κ3) is 2.71. The first kappa shape index (κ1) is 12.6. The van der Waals surface area contributed by atoms with E-state index in [2.05, 4.69) is 4.74 Å². The Hall–Kier alpha value is -1.81. The zero-order valence-corrected chi connectivity index (χ0v) is 11.1. The highest BCUT2D eigenvalue weighted by Gasteiger charge is 2.11. The van der Waals surface area contributed by atoms with Gasteiger partial charge in [-0.25, -0.2) is 0 Å². The van der Waals surface area contributed by atoms with Crippen LogP contribution in [0.1, 0.15) is 10.4 Å². The molecule has 0 saturated heterocycles. The molecule has 0 bridgehead atoms. The molecule has 1 aromatic carbocycles. The number of methoxy groups -OCH3 is 1. The lowest BCUT2D eigenvalue weighted by molar-refractivity contribution is -0.139. The molecule has 0 fully saturated rings. The van der Waals surface area contributed by atoms with Crippen molar-refractivity contribution in [3.63, 3.8) is 0 Å². The van der Waals surface area contributed by atoms with E-state index >= 15 is 0 Å². The standard InChI is InChI=1S/C14H14O3S/c1-9-7-12(8-13(16)17-2)18-14(9)10-3-5-11(15)6-4-10/h3-7,15H,8H2,1-2H3. The first-order chi connectivity index (χ1) is 8.60. The molecule has 18 heavy (non-hydrogen) atoms. The van der Waals surface area contributed by atoms with Gasteiger partial charge in [0.1, 0.15) is 5.75 Å². The lowest BCUT2D eigenvalue weighted by atomic mass is 10.1. The van der Waals surface area contributed by atoms with E-state index < -0.39 is 0 Å². The molecule has 0 spiro atoms. The van der Waals surface area contributed by atoms with Gasteiger partial charge in [0.15, 0.2) is 0 Å². The van der Waals surface area contributed by atoms with Crippen LogP contribution in [0.5, 0.6) is 5.75 Å². The molecule has 94 valence electrons. The fraction of sp³-hybridized carbons (Fsp3) is 0.214. The topological polar surface area (TPSA) is 46.5 Å². The van der Waals surface area contributed by atoms with Crippen LogP contribution in [0.3, 0.4) is 0 Å². The largest absolute Gasteiger partial charge is 0.508 e. The molecule has 2 aromatic rings. The Bertz CT molecular complexity index is 555. The van der Waals surface area contributed by atoms with E-state index in [1.807, 2.05) is 25.1 Å². The maximum Gasteiger partial charge on any atom is 0.310 e. The summed E-state index contributed by atoms with van der Waals surface area (Å²) in [6.45, 7) is 2.01. The minimum Gasteiger partial charge on any atom is -0.508 e. The van der Waals surface area contributed by atoms with Gasteiger partial charge in [0.05, 0.1) is 13.5 Å². The number of aryl methyl sites for hydroxylation is 1. The molecule has 2 rings (SSSR count). The van der Waals surface area contributed by atoms with Crippen LogP contribution >= 0.6 is 11.3 Å². The Morgan fingerprint density at radius 2 is 2.00 bits per heavy atom. The first-order valence-electron chi connectivity index (χ1n) is 5.55. The monoisotopic (exact) mass is 262 g/mol. The molecule has 1 heterocycles. The van der Waals surface area contributed by atoms with Gasteiger partial charge in [-0.05, 0) is 48.4 Å². The summed E-state index contributed by atoms with van der Waals surface area (Å²) in [6, 6.07) is 9.07. The summed E-state index contributed by atoms with van der Waals surface area (Å²) in [5.41, 5.74) is 2.18. The van der Waals surface area contributed by atoms with Gasteiger partial charge in [0.2, 0.25) is 0 Å². The van der Waals surface area contributed by atoms with Crippen molar-refractivity contribution in [1.29, 1.82) is 0 Å². The molecular weight excluding hydrogens is 248 g/mol. The van der Waals surface area contributed by atoms with Gasteiger partial charge < -0.3 is 9.84 Å². The minimum absolute atomic E-state index is 0.228. The Labute approximate surface area is 110 Å². The van der Waals surface area contributed by atoms with Gasteiger partial charge in [0.25, 0.3) is 0 Å². The Kier molecular flexibility index (Phi) is 3.67. The van der Waals surface area contributed by atoms with Gasteiger partial charge in [-0.15, -0.1) is 11.3 Å². The summed E-state index contributed by atoms with van der Waals surface area (Å²) >= 11 is 1.58. The SMILES string of the molecule is COC(=O)Cc1cc(C)c(-c2ccc(O)cc2)s1. The zero-order chi connectivity index (χ0) is 13.1. The van der Waals surface area contributed by atoms with Crippen molar-refractivity contribution in [3.8, 4) is 16.2 Å². The second kappa shape index (κ2) is 5.23. The second-order valence-electron chi connectivity index (χ2n) is 4.02. The molecule has 0 aliphatic rings. The van der Waals surface area contributed by atoms with Gasteiger partial charge in [-0.1, -0.05) is 0 Å². The number of esters is 1. The van der Waals surface area contributed by atoms with E-state index in [0.717, 1.165) is 20.9 Å². The Balaban J connectivity index is 2.29. The van der Waals surface area contributed by atoms with Gasteiger partial charge in [-0.3, -0.25) is 4.79 Å². The molecular formula is C14H14O3S. The van der Waals surface area contributed by atoms with E-state index in [0.29, 0.717) is 6.42 Å². The average Bonchev–Trinajstić information content (AvgIpc) is 2.71. The summed E-state index contributed by atoms with van der Waals surface area (Å²) < 4.78 is 4.66. The predicted molar refractivity (Wildman–Crippen MR) is 71.9 cm³/mol. The number of carbonyl (C=O) groups excluding carboxylic acids is 1. The number of rotatable bonds is 3. The van der Waals surface area contributed by atoms with E-state index in [1.165, 1.54) is 7.11 Å². The van der Waals surface area contributed by atoms with Crippen molar-refractivity contribution in [2.75, 3.05) is 7.11 Å². The van der Waals surface area contributed by atoms with Crippen molar-refractivity contribution in [2.24, 2.45) is 0 Å². The normalized spacial score (nSPS) is 10.3. The van der Waals surface area contributed by atoms with Crippen LogP contribution in [0.15, 0.2) is 30.3 Å². The van der Waals surface area contributed by atoms with Crippen LogP contribution in [0, 0.1) is 6.92 Å². The molecule has 0 amide bonds. The molecule has 0 aliphatic carbocycles. The summed E-state index contributed by atoms with van der Waals surface area (Å²) in [4.78, 5) is 13.3. The average molecular weight is 262 g/mol. The fourth-order valence-electron chi connectivity index (χ4n) is 1.75. The highest BCUT2D eigenvalue weighted by molar-refractivity contribution is 7.15. The number of hydrogen-bond donors (Lipinski definition) is 1. The maximum atomic E-state index is 11.2. The van der Waals surface area contributed by atoms with Crippen LogP contribution in [0.4, 0.5) is 0 Å². The van der Waals surface area contributed by atoms with Gasteiger partial charge in [0, 0.05) is 9.75 Å². The summed E-state index contributed by atoms with van der Waals surface area (Å²) in [5.74, 6) is 0.0243. The molecule has 4 heteroatoms. The molecule has 3 nitrogen and oxygen atoms in total. The number of aromatic hydroxyl groups is 1. The van der Waals surface area contributed by atoms with Crippen LogP contribution in [0.25, 0.3) is 10.4 Å². The van der Waals surface area contributed by atoms with Crippen LogP contribution in [-0.4, -0.2) is 18.2 Å². The summed E-state index contributed by atoms with van der Waals surface area (Å²) in [6.07, 6.45) is 0.306. The Morgan fingerprint density at radius 3 is 2.61 bits per heavy atom. The molecule has 0 radical (unpaired) electrons. The van der Waals surface area contributed by atoms with E-state index in [1.54, 1.807) is 23.5 Å². The number of ether oxygens (including phenoxy) is 1. The van der Waals surface area contributed by atoms with E-state index in [9.17, 15) is 9.90 Å². The number of benzene rings is 1. The lowest BCUT2D eigenvalue weighted by Crippen LogP contribution is -2.02. The third-order valence-electron chi connectivity index (χ3n) is 2.64. The molecule has 0 atom stereocenters. The van der Waals surface area contributed by atoms with E-state index in [-0.39, 0.29) is 11.7 Å². The number of hydrogen-bond acceptors (Lipinski definition) is 4. The fourth-order valence-corrected chi connectivity index (χ4v) is 2.91. The zero-order valence-electron chi connectivity index (χ0n) is 10.3. The smallest absolute Gasteiger partial charge is 0.310 e. The number of phenolic OH excluding ortho intramolecular Hbond substituents is 1. The van der Waals surface area contributed by atoms with Crippen molar-refractivity contribution < 1.29 is 14.6 Å². The second-order valence-corrected chi connectivity index (χ2v) is 5.16. The number of phenols is 1. The van der Waals surface area contributed by atoms with Crippen molar-refractivity contribution >= 4 is 17.3 Å². The number of thiophene rings is 1. The highest BCUT2D eigenvalue weighted by atomic mass is 32.1. The van der Waals surface area contributed by atoms with Crippen LogP contribution < -0.4 is 0 Å². The third-order valence-corrected chi connectivity index (χ3v) is 3.93. The highest BCUT2D eigenvalue weighted by Crippen LogP contribution is 2.33. The molecule has 1 N–H and O–H groups in total. The van der Waals surface area contributed by atoms with Crippen LogP contribution in [-0.2, 0) is 16.0 Å². The van der Waals surface area contributed by atoms with Crippen molar-refractivity contribution in [2.45, 2.75) is 13.3 Å². The molecule has 0 unspecified atom stereocenters. The first-order valence-corrected chi connectivity index (χ1v) is 6.37. The van der Waals surface area contributed by atoms with Gasteiger partial charge >= 0.3 is 5.97 Å². The summed E-state index contributed by atoms with van der Waals surface area (Å²) in [5, 5.41) is 9.27. The lowest BCUT2D eigenvalue weighted by Gasteiger charge is -1.99. The maximum absolute atomic E-state index is 11.2. The van der Waals surface area contributed by atoms with Crippen molar-refractivity contribution in [3.05, 3.63) is 40.8 Å². The van der Waals surface area contributed by atoms with Crippen molar-refractivity contribution in [1.82, 2.24) is 0 Å². The molecule has 0 aliphatic heterocycles. The van der Waals surface area contributed by atoms with E-state index in [4.69, 9.17) is 0 Å². The Morgan fingerprint density at radius 1 is 1.33 bits per heavy atom. The molecule has 1 aromatic heterocycles. The van der Waals surface area contributed by atoms with Gasteiger partial charge in [-0.2, -0.15) is 0 Å². The molecule has 0 saturated carbocycles. The predicted octanol–water partition coefficient (Wildman–Crippen LogP) is 3.14. The van der Waals surface area contributed by atoms with Crippen LogP contribution in [0.2, 0.25) is 0 Å². The quantitative estimate of drug-likeness (QED) is 0.864. The minimum atomic E-state index is -0.228. The summed E-state index contributed by atoms with van der Waals surface area (Å²) in [7, 11) is 1.39.